The summed E-state index contributed by atoms with van der Waals surface area (Å²) in [6.07, 6.45) is 5.28. The van der Waals surface area contributed by atoms with Gasteiger partial charge in [0, 0.05) is 31.2 Å². The highest BCUT2D eigenvalue weighted by Crippen LogP contribution is 2.16. The van der Waals surface area contributed by atoms with Gasteiger partial charge in [0.2, 0.25) is 0 Å². The summed E-state index contributed by atoms with van der Waals surface area (Å²) >= 11 is 3.27. The third-order valence-corrected chi connectivity index (χ3v) is 4.43. The van der Waals surface area contributed by atoms with Gasteiger partial charge < -0.3 is 15.4 Å². The number of aliphatic imine (C=N–C) groups is 1. The molecule has 0 amide bonds. The van der Waals surface area contributed by atoms with E-state index in [1.165, 1.54) is 12.5 Å². The minimum Gasteiger partial charge on any atom is -0.378 e. The zero-order valence-electron chi connectivity index (χ0n) is 14.0. The lowest BCUT2D eigenvalue weighted by molar-refractivity contribution is 0.105. The van der Waals surface area contributed by atoms with Crippen LogP contribution in [-0.4, -0.2) is 38.8 Å². The largest absolute Gasteiger partial charge is 0.378 e. The quantitative estimate of drug-likeness (QED) is 0.252. The number of benzene rings is 1. The molecule has 1 heterocycles. The molecule has 0 spiro atoms. The molecule has 0 aromatic heterocycles. The van der Waals surface area contributed by atoms with E-state index in [0.717, 1.165) is 55.0 Å². The van der Waals surface area contributed by atoms with Crippen molar-refractivity contribution >= 4 is 45.9 Å². The molecule has 7 heteroatoms. The highest BCUT2D eigenvalue weighted by molar-refractivity contribution is 14.0. The average molecular weight is 514 g/mol. The predicted octanol–water partition coefficient (Wildman–Crippen LogP) is 3.87. The van der Waals surface area contributed by atoms with E-state index in [1.807, 2.05) is 12.1 Å². The molecule has 1 atom stereocenters. The van der Waals surface area contributed by atoms with Crippen LogP contribution in [0.3, 0.4) is 0 Å². The molecule has 24 heavy (non-hydrogen) atoms. The van der Waals surface area contributed by atoms with E-state index in [2.05, 4.69) is 31.6 Å². The van der Waals surface area contributed by atoms with E-state index in [1.54, 1.807) is 7.05 Å². The molecule has 1 aliphatic heterocycles. The Labute approximate surface area is 169 Å². The van der Waals surface area contributed by atoms with E-state index in [4.69, 9.17) is 4.74 Å². The minimum absolute atomic E-state index is 0. The average Bonchev–Trinajstić information content (AvgIpc) is 3.04. The van der Waals surface area contributed by atoms with E-state index < -0.39 is 0 Å². The van der Waals surface area contributed by atoms with Crippen molar-refractivity contribution in [3.63, 3.8) is 0 Å². The van der Waals surface area contributed by atoms with Gasteiger partial charge in [-0.05, 0) is 49.8 Å². The smallest absolute Gasteiger partial charge is 0.190 e. The number of nitrogens with one attached hydrogen (secondary N) is 2. The van der Waals surface area contributed by atoms with Crippen molar-refractivity contribution in [3.8, 4) is 0 Å². The van der Waals surface area contributed by atoms with Crippen LogP contribution < -0.4 is 10.6 Å². The number of halogens is 3. The highest BCUT2D eigenvalue weighted by Gasteiger charge is 2.14. The zero-order chi connectivity index (χ0) is 16.5. The zero-order valence-corrected chi connectivity index (χ0v) is 17.9. The van der Waals surface area contributed by atoms with Gasteiger partial charge in [0.25, 0.3) is 0 Å². The van der Waals surface area contributed by atoms with Crippen molar-refractivity contribution in [2.45, 2.75) is 38.2 Å². The van der Waals surface area contributed by atoms with Gasteiger partial charge in [-0.3, -0.25) is 4.99 Å². The number of hydrogen-bond donors (Lipinski definition) is 2. The molecule has 4 nitrogen and oxygen atoms in total. The lowest BCUT2D eigenvalue weighted by Crippen LogP contribution is -2.39. The molecule has 1 saturated heterocycles. The van der Waals surface area contributed by atoms with Crippen LogP contribution in [0.1, 0.15) is 31.2 Å². The molecule has 0 bridgehead atoms. The van der Waals surface area contributed by atoms with Crippen molar-refractivity contribution in [2.75, 3.05) is 26.7 Å². The standard InChI is InChI=1S/C17H25BrFN3O.HI/c1-20-17(22-10-8-15-5-3-11-23-15)21-9-2-4-13-6-7-14(18)12-16(13)19;/h6-7,12,15H,2-5,8-11H2,1H3,(H2,20,21,22);1H. The molecule has 1 unspecified atom stereocenters. The Morgan fingerprint density at radius 1 is 1.38 bits per heavy atom. The normalized spacial score (nSPS) is 17.5. The van der Waals surface area contributed by atoms with E-state index in [-0.39, 0.29) is 29.8 Å². The summed E-state index contributed by atoms with van der Waals surface area (Å²) < 4.78 is 20.1. The Hall–Kier alpha value is -0.410. The maximum absolute atomic E-state index is 13.7. The molecule has 1 aliphatic rings. The summed E-state index contributed by atoms with van der Waals surface area (Å²) in [6, 6.07) is 5.21. The molecule has 0 aliphatic carbocycles. The fraction of sp³-hybridized carbons (Fsp3) is 0.588. The number of ether oxygens (including phenoxy) is 1. The van der Waals surface area contributed by atoms with Gasteiger partial charge in [-0.2, -0.15) is 0 Å². The molecular weight excluding hydrogens is 488 g/mol. The van der Waals surface area contributed by atoms with Crippen molar-refractivity contribution in [1.29, 1.82) is 0 Å². The van der Waals surface area contributed by atoms with Gasteiger partial charge >= 0.3 is 0 Å². The SMILES string of the molecule is CN=C(NCCCc1ccc(Br)cc1F)NCCC1CCCO1.I. The Morgan fingerprint density at radius 2 is 2.17 bits per heavy atom. The lowest BCUT2D eigenvalue weighted by Gasteiger charge is -2.14. The maximum atomic E-state index is 13.7. The number of nitrogens with zero attached hydrogens (tertiary/aromatic N) is 1. The van der Waals surface area contributed by atoms with Crippen molar-refractivity contribution in [3.05, 3.63) is 34.1 Å². The fourth-order valence-electron chi connectivity index (χ4n) is 2.65. The van der Waals surface area contributed by atoms with Crippen LogP contribution in [0.25, 0.3) is 0 Å². The van der Waals surface area contributed by atoms with E-state index in [9.17, 15) is 4.39 Å². The van der Waals surface area contributed by atoms with Gasteiger partial charge in [0.1, 0.15) is 5.82 Å². The van der Waals surface area contributed by atoms with Crippen LogP contribution in [-0.2, 0) is 11.2 Å². The van der Waals surface area contributed by atoms with Crippen LogP contribution in [0.2, 0.25) is 0 Å². The highest BCUT2D eigenvalue weighted by atomic mass is 127. The van der Waals surface area contributed by atoms with Gasteiger partial charge in [-0.25, -0.2) is 4.39 Å². The topological polar surface area (TPSA) is 45.7 Å². The molecule has 1 fully saturated rings. The Morgan fingerprint density at radius 3 is 2.83 bits per heavy atom. The van der Waals surface area contributed by atoms with Crippen LogP contribution in [0.5, 0.6) is 0 Å². The summed E-state index contributed by atoms with van der Waals surface area (Å²) in [5.41, 5.74) is 0.747. The van der Waals surface area contributed by atoms with Gasteiger partial charge in [0.15, 0.2) is 5.96 Å². The number of rotatable bonds is 7. The fourth-order valence-corrected chi connectivity index (χ4v) is 2.99. The first-order valence-corrected chi connectivity index (χ1v) is 8.98. The predicted molar refractivity (Wildman–Crippen MR) is 111 cm³/mol. The summed E-state index contributed by atoms with van der Waals surface area (Å²) in [7, 11) is 1.76. The molecule has 0 radical (unpaired) electrons. The molecule has 1 aromatic carbocycles. The Balaban J connectivity index is 0.00000288. The molecule has 0 saturated carbocycles. The van der Waals surface area contributed by atoms with E-state index in [0.29, 0.717) is 12.5 Å². The summed E-state index contributed by atoms with van der Waals surface area (Å²) in [6.45, 7) is 2.51. The molecule has 136 valence electrons. The van der Waals surface area contributed by atoms with Crippen LogP contribution in [0.4, 0.5) is 4.39 Å². The number of hydrogen-bond acceptors (Lipinski definition) is 2. The van der Waals surface area contributed by atoms with Crippen molar-refractivity contribution < 1.29 is 9.13 Å². The van der Waals surface area contributed by atoms with E-state index >= 15 is 0 Å². The van der Waals surface area contributed by atoms with Crippen LogP contribution >= 0.6 is 39.9 Å². The first-order valence-electron chi connectivity index (χ1n) is 8.19. The second kappa shape index (κ2) is 12.0. The molecule has 2 rings (SSSR count). The Bertz CT molecular complexity index is 525. The molecular formula is C17H26BrFIN3O. The lowest BCUT2D eigenvalue weighted by atomic mass is 10.1. The second-order valence-electron chi connectivity index (χ2n) is 5.69. The summed E-state index contributed by atoms with van der Waals surface area (Å²) in [5.74, 6) is 0.637. The van der Waals surface area contributed by atoms with Crippen molar-refractivity contribution in [2.24, 2.45) is 4.99 Å². The van der Waals surface area contributed by atoms with Crippen molar-refractivity contribution in [1.82, 2.24) is 10.6 Å². The third kappa shape index (κ3) is 7.65. The Kier molecular flexibility index (Phi) is 10.8. The summed E-state index contributed by atoms with van der Waals surface area (Å²) in [4.78, 5) is 4.20. The number of guanidine groups is 1. The monoisotopic (exact) mass is 513 g/mol. The maximum Gasteiger partial charge on any atom is 0.190 e. The van der Waals surface area contributed by atoms with Gasteiger partial charge in [-0.1, -0.05) is 22.0 Å². The molecule has 2 N–H and O–H groups in total. The van der Waals surface area contributed by atoms with Crippen LogP contribution in [0, 0.1) is 5.82 Å². The second-order valence-corrected chi connectivity index (χ2v) is 6.60. The third-order valence-electron chi connectivity index (χ3n) is 3.94. The minimum atomic E-state index is -0.154. The number of aryl methyl sites for hydroxylation is 1. The van der Waals surface area contributed by atoms with Crippen LogP contribution in [0.15, 0.2) is 27.7 Å². The molecule has 1 aromatic rings. The van der Waals surface area contributed by atoms with Gasteiger partial charge in [-0.15, -0.1) is 24.0 Å². The first kappa shape index (κ1) is 21.6. The summed E-state index contributed by atoms with van der Waals surface area (Å²) in [5, 5.41) is 6.55. The first-order chi connectivity index (χ1) is 11.2. The van der Waals surface area contributed by atoms with Gasteiger partial charge in [0.05, 0.1) is 6.10 Å².